The van der Waals surface area contributed by atoms with E-state index >= 15 is 0 Å². The Kier molecular flexibility index (Phi) is 6.78. The second-order valence-corrected chi connectivity index (χ2v) is 9.82. The number of para-hydroxylation sites is 1. The zero-order chi connectivity index (χ0) is 24.3. The highest BCUT2D eigenvalue weighted by Gasteiger charge is 2.34. The second-order valence-electron chi connectivity index (χ2n) is 7.99. The topological polar surface area (TPSA) is 111 Å². The minimum atomic E-state index is -3.99. The predicted octanol–water partition coefficient (Wildman–Crippen LogP) is 2.29. The minimum absolute atomic E-state index is 0.0726. The molecule has 1 heterocycles. The van der Waals surface area contributed by atoms with Gasteiger partial charge in [0.05, 0.1) is 19.9 Å². The van der Waals surface area contributed by atoms with Crippen molar-refractivity contribution >= 4 is 33.7 Å². The lowest BCUT2D eigenvalue weighted by Gasteiger charge is -2.22. The van der Waals surface area contributed by atoms with Gasteiger partial charge in [-0.15, -0.1) is 0 Å². The first-order valence-corrected chi connectivity index (χ1v) is 12.3. The van der Waals surface area contributed by atoms with Crippen LogP contribution in [0.5, 0.6) is 11.5 Å². The van der Waals surface area contributed by atoms with Crippen LogP contribution in [0.25, 0.3) is 6.08 Å². The average Bonchev–Trinajstić information content (AvgIpc) is 3.54. The van der Waals surface area contributed by atoms with Crippen LogP contribution in [0.15, 0.2) is 47.4 Å². The van der Waals surface area contributed by atoms with Gasteiger partial charge in [0.25, 0.3) is 15.9 Å². The molecule has 0 atom stereocenters. The maximum Gasteiger partial charge on any atom is 0.331 e. The van der Waals surface area contributed by atoms with Crippen molar-refractivity contribution < 1.29 is 32.2 Å². The molecule has 9 nitrogen and oxygen atoms in total. The first kappa shape index (κ1) is 23.6. The Morgan fingerprint density at radius 2 is 1.91 bits per heavy atom. The molecule has 2 aromatic carbocycles. The van der Waals surface area contributed by atoms with Crippen LogP contribution in [0.2, 0.25) is 0 Å². The van der Waals surface area contributed by atoms with Crippen molar-refractivity contribution in [1.29, 1.82) is 0 Å². The molecule has 0 unspecified atom stereocenters. The third-order valence-electron chi connectivity index (χ3n) is 5.58. The van der Waals surface area contributed by atoms with Crippen molar-refractivity contribution in [3.05, 3.63) is 53.6 Å². The largest absolute Gasteiger partial charge is 0.493 e. The lowest BCUT2D eigenvalue weighted by molar-refractivity contribution is -0.143. The molecule has 0 bridgehead atoms. The molecule has 1 aliphatic carbocycles. The molecule has 1 fully saturated rings. The summed E-state index contributed by atoms with van der Waals surface area (Å²) in [5, 5.41) is 2.73. The van der Waals surface area contributed by atoms with Gasteiger partial charge in [-0.05, 0) is 54.7 Å². The SMILES string of the molecule is COc1cc(/C=C/C(=O)OCC(=O)NC2CC2)cc(S(=O)(=O)N2CCc3ccccc32)c1OC. The Hall–Kier alpha value is -3.53. The summed E-state index contributed by atoms with van der Waals surface area (Å²) in [7, 11) is -1.22. The van der Waals surface area contributed by atoms with E-state index in [0.29, 0.717) is 24.2 Å². The number of methoxy groups -OCH3 is 2. The maximum absolute atomic E-state index is 13.6. The minimum Gasteiger partial charge on any atom is -0.493 e. The standard InChI is InChI=1S/C24H26N2O7S/c1-31-20-13-16(7-10-23(28)33-15-22(27)25-18-8-9-18)14-21(24(20)32-2)34(29,30)26-12-11-17-5-3-4-6-19(17)26/h3-7,10,13-14,18H,8-9,11-12,15H2,1-2H3,(H,25,27)/b10-7+. The molecule has 2 aromatic rings. The molecule has 0 spiro atoms. The molecule has 10 heteroatoms. The molecule has 180 valence electrons. The van der Waals surface area contributed by atoms with Crippen molar-refractivity contribution in [2.45, 2.75) is 30.2 Å². The summed E-state index contributed by atoms with van der Waals surface area (Å²) in [5.74, 6) is -0.801. The fourth-order valence-electron chi connectivity index (χ4n) is 3.76. The van der Waals surface area contributed by atoms with Crippen molar-refractivity contribution in [1.82, 2.24) is 5.32 Å². The van der Waals surface area contributed by atoms with E-state index in [4.69, 9.17) is 14.2 Å². The molecule has 4 rings (SSSR count). The molecular weight excluding hydrogens is 460 g/mol. The number of sulfonamides is 1. The fourth-order valence-corrected chi connectivity index (χ4v) is 5.47. The molecule has 0 radical (unpaired) electrons. The van der Waals surface area contributed by atoms with Crippen LogP contribution in [0.1, 0.15) is 24.0 Å². The normalized spacial score (nSPS) is 15.2. The number of rotatable bonds is 9. The summed E-state index contributed by atoms with van der Waals surface area (Å²) < 4.78 is 44.3. The van der Waals surface area contributed by atoms with Gasteiger partial charge in [-0.3, -0.25) is 9.10 Å². The summed E-state index contributed by atoms with van der Waals surface area (Å²) in [4.78, 5) is 23.7. The highest BCUT2D eigenvalue weighted by molar-refractivity contribution is 7.93. The van der Waals surface area contributed by atoms with Gasteiger partial charge in [-0.2, -0.15) is 0 Å². The van der Waals surface area contributed by atoms with Crippen LogP contribution in [0.4, 0.5) is 5.69 Å². The van der Waals surface area contributed by atoms with Crippen molar-refractivity contribution in [3.63, 3.8) is 0 Å². The Labute approximate surface area is 198 Å². The summed E-state index contributed by atoms with van der Waals surface area (Å²) in [6, 6.07) is 10.5. The summed E-state index contributed by atoms with van der Waals surface area (Å²) in [6.07, 6.45) is 5.02. The number of amides is 1. The predicted molar refractivity (Wildman–Crippen MR) is 125 cm³/mol. The molecule has 0 saturated heterocycles. The molecule has 2 aliphatic rings. The Morgan fingerprint density at radius 3 is 2.62 bits per heavy atom. The van der Waals surface area contributed by atoms with Gasteiger partial charge in [-0.25, -0.2) is 13.2 Å². The lowest BCUT2D eigenvalue weighted by atomic mass is 10.2. The van der Waals surface area contributed by atoms with Crippen LogP contribution in [-0.4, -0.2) is 53.7 Å². The molecule has 34 heavy (non-hydrogen) atoms. The number of hydrogen-bond acceptors (Lipinski definition) is 7. The monoisotopic (exact) mass is 486 g/mol. The third kappa shape index (κ3) is 5.01. The second kappa shape index (κ2) is 9.76. The van der Waals surface area contributed by atoms with E-state index in [1.807, 2.05) is 12.1 Å². The van der Waals surface area contributed by atoms with E-state index < -0.39 is 16.0 Å². The Morgan fingerprint density at radius 1 is 1.15 bits per heavy atom. The Balaban J connectivity index is 1.59. The highest BCUT2D eigenvalue weighted by atomic mass is 32.2. The summed E-state index contributed by atoms with van der Waals surface area (Å²) in [5.41, 5.74) is 1.96. The van der Waals surface area contributed by atoms with Crippen LogP contribution < -0.4 is 19.1 Å². The highest BCUT2D eigenvalue weighted by Crippen LogP contribution is 2.40. The lowest BCUT2D eigenvalue weighted by Crippen LogP contribution is -2.30. The zero-order valence-corrected chi connectivity index (χ0v) is 19.8. The van der Waals surface area contributed by atoms with E-state index in [1.54, 1.807) is 18.2 Å². The van der Waals surface area contributed by atoms with Crippen molar-refractivity contribution in [2.24, 2.45) is 0 Å². The third-order valence-corrected chi connectivity index (χ3v) is 7.40. The van der Waals surface area contributed by atoms with Crippen LogP contribution >= 0.6 is 0 Å². The first-order valence-electron chi connectivity index (χ1n) is 10.8. The van der Waals surface area contributed by atoms with E-state index in [0.717, 1.165) is 24.5 Å². The number of hydrogen-bond donors (Lipinski definition) is 1. The van der Waals surface area contributed by atoms with E-state index in [-0.39, 0.29) is 35.0 Å². The molecule has 1 amide bonds. The van der Waals surface area contributed by atoms with E-state index in [2.05, 4.69) is 5.32 Å². The number of nitrogens with one attached hydrogen (secondary N) is 1. The smallest absolute Gasteiger partial charge is 0.331 e. The van der Waals surface area contributed by atoms with Crippen molar-refractivity contribution in [2.75, 3.05) is 31.7 Å². The fraction of sp³-hybridized carbons (Fsp3) is 0.333. The van der Waals surface area contributed by atoms with Crippen molar-refractivity contribution in [3.8, 4) is 11.5 Å². The molecule has 0 aromatic heterocycles. The molecular formula is C24H26N2O7S. The zero-order valence-electron chi connectivity index (χ0n) is 18.9. The number of fused-ring (bicyclic) bond motifs is 1. The number of nitrogens with zero attached hydrogens (tertiary/aromatic N) is 1. The summed E-state index contributed by atoms with van der Waals surface area (Å²) >= 11 is 0. The molecule has 1 aliphatic heterocycles. The van der Waals surface area contributed by atoms with Crippen LogP contribution in [0, 0.1) is 0 Å². The molecule has 1 saturated carbocycles. The first-order chi connectivity index (χ1) is 16.3. The van der Waals surface area contributed by atoms with Gasteiger partial charge in [0.15, 0.2) is 18.1 Å². The Bertz CT molecular complexity index is 1240. The van der Waals surface area contributed by atoms with Gasteiger partial charge >= 0.3 is 5.97 Å². The van der Waals surface area contributed by atoms with Gasteiger partial charge in [0.2, 0.25) is 0 Å². The number of anilines is 1. The van der Waals surface area contributed by atoms with Crippen LogP contribution in [0.3, 0.4) is 0 Å². The number of ether oxygens (including phenoxy) is 3. The van der Waals surface area contributed by atoms with Gasteiger partial charge in [0.1, 0.15) is 4.90 Å². The quantitative estimate of drug-likeness (QED) is 0.428. The van der Waals surface area contributed by atoms with Gasteiger partial charge < -0.3 is 19.5 Å². The average molecular weight is 487 g/mol. The van der Waals surface area contributed by atoms with E-state index in [9.17, 15) is 18.0 Å². The number of carbonyl (C=O) groups excluding carboxylic acids is 2. The number of carbonyl (C=O) groups is 2. The van der Waals surface area contributed by atoms with Crippen LogP contribution in [-0.2, 0) is 30.8 Å². The van der Waals surface area contributed by atoms with Gasteiger partial charge in [-0.1, -0.05) is 18.2 Å². The summed E-state index contributed by atoms with van der Waals surface area (Å²) in [6.45, 7) is -0.0674. The number of esters is 1. The number of benzene rings is 2. The molecule has 1 N–H and O–H groups in total. The van der Waals surface area contributed by atoms with E-state index in [1.165, 1.54) is 30.7 Å². The van der Waals surface area contributed by atoms with Gasteiger partial charge in [0, 0.05) is 18.7 Å². The maximum atomic E-state index is 13.6.